The van der Waals surface area contributed by atoms with E-state index in [2.05, 4.69) is 53.7 Å². The maximum Gasteiger partial charge on any atom is 0.0809 e. The Labute approximate surface area is 125 Å². The van der Waals surface area contributed by atoms with Gasteiger partial charge in [-0.1, -0.05) is 0 Å². The van der Waals surface area contributed by atoms with Crippen molar-refractivity contribution < 1.29 is 0 Å². The Bertz CT molecular complexity index is 586. The zero-order valence-electron chi connectivity index (χ0n) is 12.5. The molecule has 2 heterocycles. The van der Waals surface area contributed by atoms with Crippen molar-refractivity contribution in [2.24, 2.45) is 0 Å². The first-order chi connectivity index (χ1) is 9.61. The fraction of sp³-hybridized carbons (Fsp3) is 0.562. The summed E-state index contributed by atoms with van der Waals surface area (Å²) in [5, 5.41) is 5.81. The summed E-state index contributed by atoms with van der Waals surface area (Å²) in [6.45, 7) is 3.29. The quantitative estimate of drug-likeness (QED) is 0.914. The minimum atomic E-state index is 0.353. The van der Waals surface area contributed by atoms with Crippen LogP contribution in [-0.4, -0.2) is 36.1 Å². The van der Waals surface area contributed by atoms with E-state index < -0.39 is 0 Å². The van der Waals surface area contributed by atoms with Crippen molar-refractivity contribution >= 4 is 21.6 Å². The number of nitrogens with one attached hydrogen (secondary N) is 1. The molecule has 0 saturated heterocycles. The van der Waals surface area contributed by atoms with Crippen LogP contribution >= 0.6 is 11.3 Å². The van der Waals surface area contributed by atoms with Gasteiger partial charge in [0, 0.05) is 24.3 Å². The predicted octanol–water partition coefficient (Wildman–Crippen LogP) is 3.43. The van der Waals surface area contributed by atoms with Gasteiger partial charge in [0.2, 0.25) is 0 Å². The number of aromatic nitrogens is 1. The van der Waals surface area contributed by atoms with Gasteiger partial charge in [-0.3, -0.25) is 4.98 Å². The topological polar surface area (TPSA) is 28.2 Å². The molecule has 3 rings (SSSR count). The average Bonchev–Trinajstić information content (AvgIpc) is 2.83. The van der Waals surface area contributed by atoms with Crippen LogP contribution in [-0.2, 0) is 0 Å². The number of nitrogens with zero attached hydrogens (tertiary/aromatic N) is 2. The molecule has 20 heavy (non-hydrogen) atoms. The Hall–Kier alpha value is -0.970. The van der Waals surface area contributed by atoms with Crippen LogP contribution in [0.15, 0.2) is 23.7 Å². The average molecular weight is 289 g/mol. The summed E-state index contributed by atoms with van der Waals surface area (Å²) in [6, 6.07) is 4.71. The van der Waals surface area contributed by atoms with Crippen LogP contribution in [0.5, 0.6) is 0 Å². The molecule has 3 nitrogen and oxygen atoms in total. The Balaban J connectivity index is 1.68. The number of rotatable bonds is 5. The third-order valence-electron chi connectivity index (χ3n) is 4.79. The highest BCUT2D eigenvalue weighted by Gasteiger charge is 2.38. The highest BCUT2D eigenvalue weighted by molar-refractivity contribution is 7.17. The van der Waals surface area contributed by atoms with E-state index in [9.17, 15) is 0 Å². The second-order valence-corrected chi connectivity index (χ2v) is 7.10. The molecular formula is C16H23N3S. The minimum Gasteiger partial charge on any atom is -0.308 e. The molecule has 0 bridgehead atoms. The van der Waals surface area contributed by atoms with E-state index in [0.29, 0.717) is 11.6 Å². The normalized spacial score (nSPS) is 19.2. The number of likely N-dealkylation sites (N-methyl/N-ethyl adjacent to an activating group) is 1. The van der Waals surface area contributed by atoms with E-state index in [0.717, 1.165) is 12.1 Å². The number of pyridine rings is 1. The van der Waals surface area contributed by atoms with E-state index >= 15 is 0 Å². The van der Waals surface area contributed by atoms with Crippen molar-refractivity contribution in [1.29, 1.82) is 0 Å². The van der Waals surface area contributed by atoms with Gasteiger partial charge in [-0.15, -0.1) is 11.3 Å². The molecule has 1 aliphatic rings. The maximum atomic E-state index is 4.54. The van der Waals surface area contributed by atoms with Gasteiger partial charge in [0.25, 0.3) is 0 Å². The highest BCUT2D eigenvalue weighted by Crippen LogP contribution is 2.36. The Kier molecular flexibility index (Phi) is 3.80. The first-order valence-electron chi connectivity index (χ1n) is 7.35. The molecule has 1 N–H and O–H groups in total. The minimum absolute atomic E-state index is 0.353. The lowest BCUT2D eigenvalue weighted by Crippen LogP contribution is -2.56. The van der Waals surface area contributed by atoms with Crippen LogP contribution in [0.3, 0.4) is 0 Å². The molecule has 1 fully saturated rings. The lowest BCUT2D eigenvalue weighted by molar-refractivity contribution is 0.0576. The largest absolute Gasteiger partial charge is 0.308 e. The molecule has 1 saturated carbocycles. The molecule has 4 heteroatoms. The van der Waals surface area contributed by atoms with Crippen molar-refractivity contribution in [3.8, 4) is 0 Å². The first kappa shape index (κ1) is 14.0. The van der Waals surface area contributed by atoms with Crippen LogP contribution in [0, 0.1) is 0 Å². The van der Waals surface area contributed by atoms with E-state index in [1.807, 2.05) is 6.20 Å². The first-order valence-corrected chi connectivity index (χ1v) is 8.23. The van der Waals surface area contributed by atoms with E-state index in [-0.39, 0.29) is 0 Å². The van der Waals surface area contributed by atoms with Gasteiger partial charge in [0.15, 0.2) is 0 Å². The standard InChI is InChI=1S/C16H23N3S/c1-12(18-11-16(19(2)3)6-4-7-16)13-9-15-14(17-10-13)5-8-20-15/h5,8-10,12,18H,4,6-7,11H2,1-3H3. The summed E-state index contributed by atoms with van der Waals surface area (Å²) in [7, 11) is 4.40. The van der Waals surface area contributed by atoms with Gasteiger partial charge in [-0.2, -0.15) is 0 Å². The summed E-state index contributed by atoms with van der Waals surface area (Å²) < 4.78 is 1.28. The number of hydrogen-bond acceptors (Lipinski definition) is 4. The van der Waals surface area contributed by atoms with E-state index in [1.165, 1.54) is 29.5 Å². The van der Waals surface area contributed by atoms with E-state index in [1.54, 1.807) is 11.3 Å². The number of fused-ring (bicyclic) bond motifs is 1. The fourth-order valence-electron chi connectivity index (χ4n) is 2.93. The zero-order valence-corrected chi connectivity index (χ0v) is 13.3. The van der Waals surface area contributed by atoms with Gasteiger partial charge in [0.05, 0.1) is 10.2 Å². The summed E-state index contributed by atoms with van der Waals surface area (Å²) >= 11 is 1.76. The lowest BCUT2D eigenvalue weighted by atomic mass is 9.75. The van der Waals surface area contributed by atoms with Crippen LogP contribution in [0.4, 0.5) is 0 Å². The number of thiophene rings is 1. The van der Waals surface area contributed by atoms with Crippen molar-refractivity contribution in [2.45, 2.75) is 37.8 Å². The molecule has 0 aliphatic heterocycles. The van der Waals surface area contributed by atoms with Crippen LogP contribution < -0.4 is 5.32 Å². The van der Waals surface area contributed by atoms with E-state index in [4.69, 9.17) is 0 Å². The summed E-state index contributed by atoms with van der Waals surface area (Å²) in [6.07, 6.45) is 5.98. The molecule has 1 aliphatic carbocycles. The molecule has 0 radical (unpaired) electrons. The second kappa shape index (κ2) is 5.43. The van der Waals surface area contributed by atoms with Crippen LogP contribution in [0.25, 0.3) is 10.2 Å². The van der Waals surface area contributed by atoms with Gasteiger partial charge in [0.1, 0.15) is 0 Å². The zero-order chi connectivity index (χ0) is 14.2. The molecule has 2 aromatic rings. The lowest BCUT2D eigenvalue weighted by Gasteiger charge is -2.48. The van der Waals surface area contributed by atoms with Gasteiger partial charge in [-0.25, -0.2) is 0 Å². The van der Waals surface area contributed by atoms with Gasteiger partial charge in [-0.05, 0) is 63.4 Å². The SMILES string of the molecule is CC(NCC1(N(C)C)CCC1)c1cnc2ccsc2c1. The molecule has 0 spiro atoms. The van der Waals surface area contributed by atoms with Crippen molar-refractivity contribution in [3.63, 3.8) is 0 Å². The summed E-state index contributed by atoms with van der Waals surface area (Å²) in [5.41, 5.74) is 2.76. The van der Waals surface area contributed by atoms with Crippen molar-refractivity contribution in [1.82, 2.24) is 15.2 Å². The second-order valence-electron chi connectivity index (χ2n) is 6.15. The third kappa shape index (κ3) is 2.48. The van der Waals surface area contributed by atoms with Crippen LogP contribution in [0.2, 0.25) is 0 Å². The summed E-state index contributed by atoms with van der Waals surface area (Å²) in [5.74, 6) is 0. The van der Waals surface area contributed by atoms with Crippen LogP contribution in [0.1, 0.15) is 37.8 Å². The van der Waals surface area contributed by atoms with Crippen molar-refractivity contribution in [2.75, 3.05) is 20.6 Å². The molecule has 1 unspecified atom stereocenters. The predicted molar refractivity (Wildman–Crippen MR) is 86.3 cm³/mol. The molecule has 2 aromatic heterocycles. The van der Waals surface area contributed by atoms with Crippen molar-refractivity contribution in [3.05, 3.63) is 29.3 Å². The Morgan fingerprint density at radius 1 is 1.45 bits per heavy atom. The highest BCUT2D eigenvalue weighted by atomic mass is 32.1. The monoisotopic (exact) mass is 289 g/mol. The van der Waals surface area contributed by atoms with Gasteiger partial charge >= 0.3 is 0 Å². The fourth-order valence-corrected chi connectivity index (χ4v) is 3.72. The maximum absolute atomic E-state index is 4.54. The molecule has 1 atom stereocenters. The molecule has 108 valence electrons. The Morgan fingerprint density at radius 3 is 2.90 bits per heavy atom. The number of hydrogen-bond donors (Lipinski definition) is 1. The smallest absolute Gasteiger partial charge is 0.0809 e. The van der Waals surface area contributed by atoms with Gasteiger partial charge < -0.3 is 10.2 Å². The third-order valence-corrected chi connectivity index (χ3v) is 5.65. The molecule has 0 amide bonds. The Morgan fingerprint density at radius 2 is 2.25 bits per heavy atom. The molecular weight excluding hydrogens is 266 g/mol. The summed E-state index contributed by atoms with van der Waals surface area (Å²) in [4.78, 5) is 6.92. The molecule has 0 aromatic carbocycles.